The zero-order valence-corrected chi connectivity index (χ0v) is 9.24. The molecule has 0 saturated heterocycles. The van der Waals surface area contributed by atoms with Gasteiger partial charge in [0.1, 0.15) is 12.7 Å². The molecular formula is C9H11N5O3. The molecule has 0 unspecified atom stereocenters. The van der Waals surface area contributed by atoms with E-state index in [1.807, 2.05) is 6.92 Å². The summed E-state index contributed by atoms with van der Waals surface area (Å²) in [6, 6.07) is 0. The van der Waals surface area contributed by atoms with Crippen LogP contribution in [0.2, 0.25) is 0 Å². The highest BCUT2D eigenvalue weighted by Crippen LogP contribution is 2.08. The van der Waals surface area contributed by atoms with Gasteiger partial charge in [-0.25, -0.2) is 0 Å². The molecular weight excluding hydrogens is 226 g/mol. The maximum absolute atomic E-state index is 10.4. The first-order chi connectivity index (χ1) is 8.19. The third-order valence-corrected chi connectivity index (χ3v) is 2.11. The van der Waals surface area contributed by atoms with Gasteiger partial charge in [0, 0.05) is 6.42 Å². The Morgan fingerprint density at radius 3 is 3.06 bits per heavy atom. The molecule has 0 aromatic carbocycles. The summed E-state index contributed by atoms with van der Waals surface area (Å²) in [6.07, 6.45) is 4.38. The Kier molecular flexibility index (Phi) is 3.12. The Balaban J connectivity index is 2.05. The number of nitro groups is 1. The summed E-state index contributed by atoms with van der Waals surface area (Å²) in [6.45, 7) is 2.31. The molecule has 0 aliphatic rings. The molecule has 8 heteroatoms. The molecule has 0 radical (unpaired) electrons. The lowest BCUT2D eigenvalue weighted by Crippen LogP contribution is -1.97. The first-order valence-electron chi connectivity index (χ1n) is 5.16. The van der Waals surface area contributed by atoms with E-state index in [0.29, 0.717) is 11.7 Å². The molecule has 0 atom stereocenters. The molecule has 0 fully saturated rings. The Morgan fingerprint density at radius 1 is 1.59 bits per heavy atom. The van der Waals surface area contributed by atoms with E-state index in [-0.39, 0.29) is 12.4 Å². The zero-order chi connectivity index (χ0) is 12.3. The van der Waals surface area contributed by atoms with Crippen LogP contribution in [0.1, 0.15) is 25.1 Å². The number of hydrogen-bond acceptors (Lipinski definition) is 6. The first-order valence-corrected chi connectivity index (χ1v) is 5.16. The van der Waals surface area contributed by atoms with E-state index >= 15 is 0 Å². The lowest BCUT2D eigenvalue weighted by atomic mass is 10.3. The van der Waals surface area contributed by atoms with E-state index in [1.54, 1.807) is 0 Å². The van der Waals surface area contributed by atoms with Crippen molar-refractivity contribution in [3.8, 4) is 0 Å². The predicted octanol–water partition coefficient (Wildman–Crippen LogP) is 1.18. The number of rotatable bonds is 5. The number of hydrogen-bond donors (Lipinski definition) is 0. The highest BCUT2D eigenvalue weighted by Gasteiger charge is 2.12. The van der Waals surface area contributed by atoms with Crippen molar-refractivity contribution < 1.29 is 9.45 Å². The van der Waals surface area contributed by atoms with Gasteiger partial charge in [-0.3, -0.25) is 0 Å². The number of nitrogens with zero attached hydrogens (tertiary/aromatic N) is 5. The normalized spacial score (nSPS) is 10.6. The van der Waals surface area contributed by atoms with Gasteiger partial charge >= 0.3 is 5.82 Å². The molecule has 0 spiro atoms. The molecule has 0 aliphatic carbocycles. The fraction of sp³-hybridized carbons (Fsp3) is 0.444. The van der Waals surface area contributed by atoms with E-state index in [0.717, 1.165) is 12.8 Å². The van der Waals surface area contributed by atoms with Crippen molar-refractivity contribution in [2.45, 2.75) is 26.3 Å². The van der Waals surface area contributed by atoms with Crippen molar-refractivity contribution in [1.29, 1.82) is 0 Å². The van der Waals surface area contributed by atoms with Crippen LogP contribution in [0.25, 0.3) is 0 Å². The van der Waals surface area contributed by atoms with Gasteiger partial charge in [-0.15, -0.1) is 0 Å². The van der Waals surface area contributed by atoms with Crippen molar-refractivity contribution in [2.75, 3.05) is 0 Å². The molecule has 0 aliphatic heterocycles. The summed E-state index contributed by atoms with van der Waals surface area (Å²) in [5, 5.41) is 14.2. The zero-order valence-electron chi connectivity index (χ0n) is 9.24. The smallest absolute Gasteiger partial charge is 0.358 e. The second-order valence-corrected chi connectivity index (χ2v) is 3.52. The van der Waals surface area contributed by atoms with Crippen molar-refractivity contribution in [2.24, 2.45) is 0 Å². The largest absolute Gasteiger partial charge is 0.381 e. The maximum atomic E-state index is 10.4. The molecule has 0 N–H and O–H groups in total. The summed E-state index contributed by atoms with van der Waals surface area (Å²) in [5.41, 5.74) is 0. The second-order valence-electron chi connectivity index (χ2n) is 3.52. The summed E-state index contributed by atoms with van der Waals surface area (Å²) in [7, 11) is 0. The average molecular weight is 237 g/mol. The summed E-state index contributed by atoms with van der Waals surface area (Å²) in [5.74, 6) is 0.871. The SMILES string of the molecule is CCCc1noc(Cn2cnc([N+](=O)[O-])c2)n1. The summed E-state index contributed by atoms with van der Waals surface area (Å²) < 4.78 is 6.54. The first kappa shape index (κ1) is 11.2. The predicted molar refractivity (Wildman–Crippen MR) is 56.3 cm³/mol. The number of aryl methyl sites for hydroxylation is 1. The molecule has 8 nitrogen and oxygen atoms in total. The molecule has 0 saturated carbocycles. The van der Waals surface area contributed by atoms with E-state index in [1.165, 1.54) is 17.1 Å². The van der Waals surface area contributed by atoms with E-state index in [2.05, 4.69) is 15.1 Å². The lowest BCUT2D eigenvalue weighted by Gasteiger charge is -1.92. The van der Waals surface area contributed by atoms with Gasteiger partial charge < -0.3 is 19.2 Å². The third kappa shape index (κ3) is 2.65. The van der Waals surface area contributed by atoms with E-state index in [4.69, 9.17) is 4.52 Å². The Morgan fingerprint density at radius 2 is 2.41 bits per heavy atom. The number of imidazole rings is 1. The molecule has 0 amide bonds. The van der Waals surface area contributed by atoms with Crippen LogP contribution in [-0.2, 0) is 13.0 Å². The molecule has 17 heavy (non-hydrogen) atoms. The van der Waals surface area contributed by atoms with Crippen LogP contribution in [-0.4, -0.2) is 24.6 Å². The lowest BCUT2D eigenvalue weighted by molar-refractivity contribution is -0.389. The third-order valence-electron chi connectivity index (χ3n) is 2.11. The van der Waals surface area contributed by atoms with Gasteiger partial charge in [-0.2, -0.15) is 4.98 Å². The summed E-state index contributed by atoms with van der Waals surface area (Å²) in [4.78, 5) is 17.7. The topological polar surface area (TPSA) is 99.9 Å². The number of aromatic nitrogens is 4. The van der Waals surface area contributed by atoms with Crippen molar-refractivity contribution in [1.82, 2.24) is 19.7 Å². The van der Waals surface area contributed by atoms with Crippen molar-refractivity contribution in [3.63, 3.8) is 0 Å². The Hall–Kier alpha value is -2.25. The minimum Gasteiger partial charge on any atom is -0.358 e. The summed E-state index contributed by atoms with van der Waals surface area (Å²) >= 11 is 0. The van der Waals surface area contributed by atoms with Crippen molar-refractivity contribution in [3.05, 3.63) is 34.4 Å². The molecule has 2 heterocycles. The Labute approximate surface area is 96.4 Å². The van der Waals surface area contributed by atoms with Crippen LogP contribution >= 0.6 is 0 Å². The standard InChI is InChI=1S/C9H11N5O3/c1-2-3-7-11-9(17-12-7)5-13-4-8(10-6-13)14(15)16/h4,6H,2-3,5H2,1H3. The highest BCUT2D eigenvalue weighted by atomic mass is 16.6. The molecule has 2 aromatic heterocycles. The van der Waals surface area contributed by atoms with Crippen molar-refractivity contribution >= 4 is 5.82 Å². The van der Waals surface area contributed by atoms with Crippen LogP contribution in [0, 0.1) is 10.1 Å². The van der Waals surface area contributed by atoms with Gasteiger partial charge in [0.2, 0.25) is 12.2 Å². The monoisotopic (exact) mass is 237 g/mol. The van der Waals surface area contributed by atoms with Gasteiger partial charge in [0.05, 0.1) is 0 Å². The van der Waals surface area contributed by atoms with Gasteiger partial charge in [-0.1, -0.05) is 12.1 Å². The van der Waals surface area contributed by atoms with Crippen LogP contribution < -0.4 is 0 Å². The highest BCUT2D eigenvalue weighted by molar-refractivity contribution is 5.12. The van der Waals surface area contributed by atoms with Crippen LogP contribution in [0.3, 0.4) is 0 Å². The Bertz CT molecular complexity index is 518. The van der Waals surface area contributed by atoms with Crippen LogP contribution in [0.5, 0.6) is 0 Å². The molecule has 90 valence electrons. The molecule has 2 aromatic rings. The molecule has 2 rings (SSSR count). The average Bonchev–Trinajstić information content (AvgIpc) is 2.89. The van der Waals surface area contributed by atoms with Gasteiger partial charge in [0.15, 0.2) is 5.82 Å². The fourth-order valence-corrected chi connectivity index (χ4v) is 1.36. The quantitative estimate of drug-likeness (QED) is 0.571. The minimum absolute atomic E-state index is 0.196. The fourth-order valence-electron chi connectivity index (χ4n) is 1.36. The van der Waals surface area contributed by atoms with E-state index in [9.17, 15) is 10.1 Å². The minimum atomic E-state index is -0.549. The van der Waals surface area contributed by atoms with Gasteiger partial charge in [-0.05, 0) is 16.3 Å². The van der Waals surface area contributed by atoms with E-state index < -0.39 is 4.92 Å². The van der Waals surface area contributed by atoms with Crippen LogP contribution in [0.4, 0.5) is 5.82 Å². The molecule has 0 bridgehead atoms. The van der Waals surface area contributed by atoms with Gasteiger partial charge in [0.25, 0.3) is 0 Å². The second kappa shape index (κ2) is 4.73. The maximum Gasteiger partial charge on any atom is 0.381 e. The van der Waals surface area contributed by atoms with Crippen LogP contribution in [0.15, 0.2) is 17.0 Å².